The predicted octanol–water partition coefficient (Wildman–Crippen LogP) is 7.50. The van der Waals surface area contributed by atoms with Gasteiger partial charge < -0.3 is 15.0 Å². The number of aliphatic imine (C=N–C) groups is 1. The van der Waals surface area contributed by atoms with Crippen molar-refractivity contribution < 1.29 is 27.1 Å². The molecule has 1 fully saturated rings. The lowest BCUT2D eigenvalue weighted by Crippen LogP contribution is -2.38. The van der Waals surface area contributed by atoms with Gasteiger partial charge in [0.2, 0.25) is 0 Å². The summed E-state index contributed by atoms with van der Waals surface area (Å²) in [5, 5.41) is 7.64. The van der Waals surface area contributed by atoms with Crippen molar-refractivity contribution in [3.05, 3.63) is 90.3 Å². The van der Waals surface area contributed by atoms with Crippen LogP contribution in [0, 0.1) is 0 Å². The Kier molecular flexibility index (Phi) is 9.52. The highest BCUT2D eigenvalue weighted by atomic mass is 32.2. The molecule has 0 aliphatic carbocycles. The molecule has 2 atom stereocenters. The van der Waals surface area contributed by atoms with Crippen LogP contribution in [-0.4, -0.2) is 50.7 Å². The van der Waals surface area contributed by atoms with Crippen LogP contribution in [-0.2, 0) is 6.42 Å². The summed E-state index contributed by atoms with van der Waals surface area (Å²) in [6.07, 6.45) is -3.03. The third-order valence-electron chi connectivity index (χ3n) is 6.95. The van der Waals surface area contributed by atoms with Crippen LogP contribution in [0.5, 0.6) is 5.75 Å². The third kappa shape index (κ3) is 7.57. The number of amidine groups is 1. The number of hydrogen-bond donors (Lipinski definition) is 1. The molecule has 1 aliphatic heterocycles. The number of nitrogens with one attached hydrogen (secondary N) is 1. The first kappa shape index (κ1) is 31.0. The number of carbonyl (C=O) groups is 1. The monoisotopic (exact) mass is 626 g/mol. The van der Waals surface area contributed by atoms with E-state index in [-0.39, 0.29) is 5.75 Å². The van der Waals surface area contributed by atoms with E-state index >= 15 is 4.39 Å². The molecule has 2 amide bonds. The van der Waals surface area contributed by atoms with E-state index in [1.165, 1.54) is 52.6 Å². The minimum Gasteiger partial charge on any atom is -0.406 e. The number of para-hydroxylation sites is 1. The summed E-state index contributed by atoms with van der Waals surface area (Å²) in [6, 6.07) is 18.3. The zero-order chi connectivity index (χ0) is 31.3. The van der Waals surface area contributed by atoms with Crippen LogP contribution in [0.15, 0.2) is 84.1 Å². The summed E-state index contributed by atoms with van der Waals surface area (Å²) in [4.78, 5) is 23.5. The molecule has 0 bridgehead atoms. The highest BCUT2D eigenvalue weighted by Gasteiger charge is 2.31. The van der Waals surface area contributed by atoms with E-state index in [4.69, 9.17) is 0 Å². The van der Waals surface area contributed by atoms with Crippen LogP contribution >= 0.6 is 11.8 Å². The van der Waals surface area contributed by atoms with Crippen LogP contribution < -0.4 is 15.0 Å². The van der Waals surface area contributed by atoms with Crippen LogP contribution in [0.1, 0.15) is 37.6 Å². The first-order chi connectivity index (χ1) is 21.1. The van der Waals surface area contributed by atoms with Crippen LogP contribution in [0.2, 0.25) is 0 Å². The second-order valence-corrected chi connectivity index (χ2v) is 11.1. The minimum atomic E-state index is -4.78. The van der Waals surface area contributed by atoms with E-state index in [0.29, 0.717) is 27.8 Å². The number of rotatable bonds is 8. The smallest absolute Gasteiger partial charge is 0.406 e. The summed E-state index contributed by atoms with van der Waals surface area (Å²) in [7, 11) is 0. The fraction of sp³-hybridized carbons (Fsp3) is 0.290. The number of nitrogens with zero attached hydrogens (tertiary/aromatic N) is 5. The number of hydrogen-bond acceptors (Lipinski definition) is 5. The van der Waals surface area contributed by atoms with Gasteiger partial charge in [-0.05, 0) is 61.2 Å². The first-order valence-electron chi connectivity index (χ1n) is 14.0. The molecule has 44 heavy (non-hydrogen) atoms. The molecule has 2 unspecified atom stereocenters. The molecule has 0 saturated carbocycles. The van der Waals surface area contributed by atoms with Crippen molar-refractivity contribution in [2.24, 2.45) is 4.99 Å². The van der Waals surface area contributed by atoms with Crippen molar-refractivity contribution in [3.8, 4) is 22.8 Å². The van der Waals surface area contributed by atoms with Gasteiger partial charge in [0.15, 0.2) is 11.0 Å². The Hall–Kier alpha value is -4.39. The van der Waals surface area contributed by atoms with Crippen molar-refractivity contribution in [1.29, 1.82) is 0 Å². The van der Waals surface area contributed by atoms with E-state index in [1.54, 1.807) is 31.2 Å². The van der Waals surface area contributed by atoms with Gasteiger partial charge in [0.1, 0.15) is 18.2 Å². The van der Waals surface area contributed by atoms with E-state index in [1.807, 2.05) is 18.2 Å². The van der Waals surface area contributed by atoms with E-state index in [0.717, 1.165) is 30.8 Å². The highest BCUT2D eigenvalue weighted by molar-refractivity contribution is 8.14. The maximum Gasteiger partial charge on any atom is 0.573 e. The fourth-order valence-electron chi connectivity index (χ4n) is 4.76. The molecule has 1 N–H and O–H groups in total. The van der Waals surface area contributed by atoms with Crippen molar-refractivity contribution in [3.63, 3.8) is 0 Å². The lowest BCUT2D eigenvalue weighted by atomic mass is 10.0. The minimum absolute atomic E-state index is 0.344. The topological polar surface area (TPSA) is 84.6 Å². The number of anilines is 1. The number of alkyl halides is 4. The molecule has 230 valence electrons. The molecule has 1 aliphatic rings. The van der Waals surface area contributed by atoms with Crippen molar-refractivity contribution in [2.75, 3.05) is 17.2 Å². The number of carbonyl (C=O) groups excluding carboxylic acids is 1. The Bertz CT molecular complexity index is 1610. The molecule has 0 radical (unpaired) electrons. The SMILES string of the molecule is CCc1ccccc1N1CCCS/C1=N\C(=O)NC(C)C(F)c1ccc(-c2ncn(-c3ccc(OC(F)(F)F)cc3)n2)cc1. The molecule has 5 rings (SSSR count). The molecule has 0 spiro atoms. The Labute approximate surface area is 256 Å². The van der Waals surface area contributed by atoms with Gasteiger partial charge >= 0.3 is 12.4 Å². The number of ether oxygens (including phenoxy) is 1. The molecule has 1 saturated heterocycles. The number of thioether (sulfide) groups is 1. The summed E-state index contributed by atoms with van der Waals surface area (Å²) in [5.41, 5.74) is 3.65. The molecular formula is C31H30F4N6O2S. The molecule has 8 nitrogen and oxygen atoms in total. The average molecular weight is 627 g/mol. The molecule has 13 heteroatoms. The zero-order valence-corrected chi connectivity index (χ0v) is 24.8. The van der Waals surface area contributed by atoms with Gasteiger partial charge in [-0.1, -0.05) is 61.2 Å². The lowest BCUT2D eigenvalue weighted by molar-refractivity contribution is -0.274. The number of aryl methyl sites for hydroxylation is 1. The lowest BCUT2D eigenvalue weighted by Gasteiger charge is -2.31. The summed E-state index contributed by atoms with van der Waals surface area (Å²) in [6.45, 7) is 4.42. The molecule has 4 aromatic rings. The largest absolute Gasteiger partial charge is 0.573 e. The number of urea groups is 1. The van der Waals surface area contributed by atoms with Crippen molar-refractivity contribution >= 4 is 28.6 Å². The van der Waals surface area contributed by atoms with E-state index in [9.17, 15) is 18.0 Å². The van der Waals surface area contributed by atoms with Crippen LogP contribution in [0.4, 0.5) is 28.0 Å². The van der Waals surface area contributed by atoms with Gasteiger partial charge in [-0.15, -0.1) is 18.3 Å². The van der Waals surface area contributed by atoms with Gasteiger partial charge in [-0.3, -0.25) is 0 Å². The van der Waals surface area contributed by atoms with E-state index < -0.39 is 24.6 Å². The Morgan fingerprint density at radius 1 is 1.09 bits per heavy atom. The van der Waals surface area contributed by atoms with Gasteiger partial charge in [-0.2, -0.15) is 4.99 Å². The molecule has 1 aromatic heterocycles. The summed E-state index contributed by atoms with van der Waals surface area (Å²) in [5.74, 6) is 0.850. The highest BCUT2D eigenvalue weighted by Crippen LogP contribution is 2.29. The fourth-order valence-corrected chi connectivity index (χ4v) is 5.71. The molecule has 2 heterocycles. The Morgan fingerprint density at radius 3 is 2.52 bits per heavy atom. The zero-order valence-electron chi connectivity index (χ0n) is 24.0. The standard InChI is InChI=1S/C31H30F4N6O2S/c1-3-21-7-4-5-8-26(21)40-17-6-18-44-30(40)38-29(42)37-20(2)27(32)22-9-11-23(12-10-22)28-36-19-41(39-28)24-13-15-25(16-14-24)43-31(33,34)35/h4-5,7-16,19-20,27H,3,6,17-18H2,1-2H3,(H,37,42)/b38-30-. The predicted molar refractivity (Wildman–Crippen MR) is 163 cm³/mol. The number of benzene rings is 3. The summed E-state index contributed by atoms with van der Waals surface area (Å²) >= 11 is 1.51. The molecule has 3 aromatic carbocycles. The maximum absolute atomic E-state index is 15.4. The second kappa shape index (κ2) is 13.5. The van der Waals surface area contributed by atoms with E-state index in [2.05, 4.69) is 43.0 Å². The van der Waals surface area contributed by atoms with Gasteiger partial charge in [0.25, 0.3) is 0 Å². The maximum atomic E-state index is 15.4. The summed E-state index contributed by atoms with van der Waals surface area (Å²) < 4.78 is 57.9. The van der Waals surface area contributed by atoms with Crippen LogP contribution in [0.3, 0.4) is 0 Å². The average Bonchev–Trinajstić information content (AvgIpc) is 3.51. The van der Waals surface area contributed by atoms with Gasteiger partial charge in [0.05, 0.1) is 11.7 Å². The van der Waals surface area contributed by atoms with Gasteiger partial charge in [-0.25, -0.2) is 18.9 Å². The molecular weight excluding hydrogens is 596 g/mol. The number of amides is 2. The van der Waals surface area contributed by atoms with Crippen LogP contribution in [0.25, 0.3) is 17.1 Å². The van der Waals surface area contributed by atoms with Crippen molar-refractivity contribution in [2.45, 2.75) is 45.3 Å². The Morgan fingerprint density at radius 2 is 1.82 bits per heavy atom. The normalized spacial score (nSPS) is 16.0. The third-order valence-corrected chi connectivity index (χ3v) is 8.02. The number of aromatic nitrogens is 3. The first-order valence-corrected chi connectivity index (χ1v) is 15.0. The quantitative estimate of drug-likeness (QED) is 0.204. The number of halogens is 4. The van der Waals surface area contributed by atoms with Crippen molar-refractivity contribution in [1.82, 2.24) is 20.1 Å². The Balaban J connectivity index is 1.22. The van der Waals surface area contributed by atoms with Gasteiger partial charge in [0, 0.05) is 23.5 Å². The second-order valence-electron chi connectivity index (χ2n) is 10.0.